The Labute approximate surface area is 258 Å². The van der Waals surface area contributed by atoms with Crippen LogP contribution in [-0.2, 0) is 36.9 Å². The number of aliphatic carboxylic acids is 2. The van der Waals surface area contributed by atoms with Gasteiger partial charge in [0.15, 0.2) is 6.04 Å². The average molecular weight is 616 g/mol. The van der Waals surface area contributed by atoms with E-state index in [4.69, 9.17) is 5.73 Å². The van der Waals surface area contributed by atoms with Gasteiger partial charge in [-0.1, -0.05) is 72.8 Å². The number of nitrogens with two attached hydrogens (primary N) is 1. The third-order valence-corrected chi connectivity index (χ3v) is 7.47. The molecule has 1 heterocycles. The van der Waals surface area contributed by atoms with Crippen LogP contribution in [0.4, 0.5) is 10.5 Å². The maximum absolute atomic E-state index is 13.8. The van der Waals surface area contributed by atoms with E-state index >= 15 is 0 Å². The minimum atomic E-state index is -1.70. The molecule has 0 saturated carbocycles. The van der Waals surface area contributed by atoms with Crippen molar-refractivity contribution in [3.63, 3.8) is 0 Å². The number of nitrogens with zero attached hydrogens (tertiary/aromatic N) is 2. The molecule has 45 heavy (non-hydrogen) atoms. The molecule has 0 aliphatic carbocycles. The molecule has 3 aromatic rings. The molecule has 0 radical (unpaired) electrons. The van der Waals surface area contributed by atoms with Crippen molar-refractivity contribution in [1.82, 2.24) is 20.4 Å². The lowest BCUT2D eigenvalue weighted by Gasteiger charge is -2.32. The monoisotopic (exact) mass is 615 g/mol. The minimum absolute atomic E-state index is 0.0646. The Hall–Kier alpha value is -5.72. The summed E-state index contributed by atoms with van der Waals surface area (Å²) in [7, 11) is 0. The van der Waals surface area contributed by atoms with Gasteiger partial charge >= 0.3 is 18.0 Å². The Morgan fingerprint density at radius 1 is 0.844 bits per heavy atom. The van der Waals surface area contributed by atoms with Gasteiger partial charge < -0.3 is 31.5 Å². The quantitative estimate of drug-likeness (QED) is 0.141. The van der Waals surface area contributed by atoms with E-state index in [9.17, 15) is 39.0 Å². The van der Waals surface area contributed by atoms with Gasteiger partial charge in [0.1, 0.15) is 18.1 Å². The fourth-order valence-corrected chi connectivity index (χ4v) is 5.14. The van der Waals surface area contributed by atoms with E-state index in [1.165, 1.54) is 17.0 Å². The molecule has 0 bridgehead atoms. The standard InChI is InChI=1S/C32H33N5O8/c1-32(17-20-12-14-23(33)15-13-20)30(44)36(31(45)37(32)18-21-8-4-2-5-9-21)19-25(38)34-24(16-26(39)40)28(41)35-27(29(42)43)22-10-6-3-7-11-22/h2-15,24,27H,16-19,33H2,1H3,(H,34,38)(H,35,41)(H,39,40)(H,42,43)/t24-,27-,32?/m0/s1. The second-order valence-corrected chi connectivity index (χ2v) is 10.8. The molecule has 6 N–H and O–H groups in total. The summed E-state index contributed by atoms with van der Waals surface area (Å²) in [5.74, 6) is -5.56. The molecule has 3 atom stereocenters. The van der Waals surface area contributed by atoms with Crippen LogP contribution in [-0.4, -0.2) is 73.8 Å². The lowest BCUT2D eigenvalue weighted by molar-refractivity contribution is -0.144. The number of hydrogen-bond donors (Lipinski definition) is 5. The minimum Gasteiger partial charge on any atom is -0.481 e. The number of carboxylic acids is 2. The fraction of sp³-hybridized carbons (Fsp3) is 0.250. The van der Waals surface area contributed by atoms with E-state index in [1.54, 1.807) is 73.7 Å². The number of nitrogens with one attached hydrogen (secondary N) is 2. The maximum atomic E-state index is 13.8. The van der Waals surface area contributed by atoms with Gasteiger partial charge in [0.2, 0.25) is 11.8 Å². The summed E-state index contributed by atoms with van der Waals surface area (Å²) in [5, 5.41) is 23.6. The molecule has 0 aromatic heterocycles. The summed E-state index contributed by atoms with van der Waals surface area (Å²) in [5.41, 5.74) is 6.63. The maximum Gasteiger partial charge on any atom is 0.330 e. The van der Waals surface area contributed by atoms with Crippen LogP contribution >= 0.6 is 0 Å². The first-order valence-electron chi connectivity index (χ1n) is 14.0. The summed E-state index contributed by atoms with van der Waals surface area (Å²) in [4.78, 5) is 79.3. The van der Waals surface area contributed by atoms with Gasteiger partial charge in [-0.3, -0.25) is 24.1 Å². The molecule has 0 spiro atoms. The van der Waals surface area contributed by atoms with Gasteiger partial charge in [-0.05, 0) is 35.7 Å². The van der Waals surface area contributed by atoms with Gasteiger partial charge in [0.05, 0.1) is 6.42 Å². The van der Waals surface area contributed by atoms with Gasteiger partial charge in [0, 0.05) is 18.7 Å². The first kappa shape index (κ1) is 32.2. The second-order valence-electron chi connectivity index (χ2n) is 10.8. The van der Waals surface area contributed by atoms with Crippen LogP contribution in [0.15, 0.2) is 84.9 Å². The normalized spacial score (nSPS) is 17.4. The van der Waals surface area contributed by atoms with Crippen molar-refractivity contribution in [2.24, 2.45) is 0 Å². The number of urea groups is 1. The number of carboxylic acid groups (broad SMARTS) is 2. The molecule has 1 aliphatic rings. The summed E-state index contributed by atoms with van der Waals surface area (Å²) in [6.45, 7) is 0.862. The summed E-state index contributed by atoms with van der Waals surface area (Å²) in [6.07, 6.45) is -0.765. The summed E-state index contributed by atoms with van der Waals surface area (Å²) < 4.78 is 0. The SMILES string of the molecule is CC1(Cc2ccc(N)cc2)C(=O)N(CC(=O)N[C@@H](CC(=O)O)C(=O)N[C@H](C(=O)O)c2ccccc2)C(=O)N1Cc1ccccc1. The molecular formula is C32H33N5O8. The third kappa shape index (κ3) is 7.63. The number of imide groups is 1. The molecule has 1 fully saturated rings. The van der Waals surface area contributed by atoms with Crippen molar-refractivity contribution >= 4 is 41.4 Å². The Kier molecular flexibility index (Phi) is 9.81. The molecule has 1 saturated heterocycles. The van der Waals surface area contributed by atoms with Crippen LogP contribution < -0.4 is 16.4 Å². The Morgan fingerprint density at radius 3 is 2.02 bits per heavy atom. The van der Waals surface area contributed by atoms with Crippen LogP contribution in [0.5, 0.6) is 0 Å². The van der Waals surface area contributed by atoms with Gasteiger partial charge in [-0.25, -0.2) is 9.59 Å². The second kappa shape index (κ2) is 13.7. The number of anilines is 1. The molecule has 4 rings (SSSR count). The first-order valence-corrected chi connectivity index (χ1v) is 14.0. The molecule has 234 valence electrons. The highest BCUT2D eigenvalue weighted by Gasteiger charge is 2.54. The largest absolute Gasteiger partial charge is 0.481 e. The molecular weight excluding hydrogens is 582 g/mol. The number of benzene rings is 3. The van der Waals surface area contributed by atoms with Gasteiger partial charge in [-0.15, -0.1) is 0 Å². The topological polar surface area (TPSA) is 199 Å². The predicted molar refractivity (Wildman–Crippen MR) is 161 cm³/mol. The zero-order valence-corrected chi connectivity index (χ0v) is 24.4. The first-order chi connectivity index (χ1) is 21.4. The third-order valence-electron chi connectivity index (χ3n) is 7.47. The van der Waals surface area contributed by atoms with E-state index in [0.717, 1.165) is 16.0 Å². The summed E-state index contributed by atoms with van der Waals surface area (Å²) >= 11 is 0. The predicted octanol–water partition coefficient (Wildman–Crippen LogP) is 1.94. The lowest BCUT2D eigenvalue weighted by atomic mass is 9.90. The van der Waals surface area contributed by atoms with Crippen molar-refractivity contribution < 1.29 is 39.0 Å². The van der Waals surface area contributed by atoms with Gasteiger partial charge in [0.25, 0.3) is 5.91 Å². The van der Waals surface area contributed by atoms with E-state index in [-0.39, 0.29) is 18.5 Å². The molecule has 1 aliphatic heterocycles. The van der Waals surface area contributed by atoms with Crippen molar-refractivity contribution in [3.05, 3.63) is 102 Å². The molecule has 13 heteroatoms. The summed E-state index contributed by atoms with van der Waals surface area (Å²) in [6, 6.07) is 19.6. The number of carbonyl (C=O) groups is 6. The molecule has 13 nitrogen and oxygen atoms in total. The number of amides is 5. The Balaban J connectivity index is 1.54. The molecule has 5 amide bonds. The number of nitrogen functional groups attached to an aromatic ring is 1. The lowest BCUT2D eigenvalue weighted by Crippen LogP contribution is -2.52. The van der Waals surface area contributed by atoms with E-state index in [2.05, 4.69) is 10.6 Å². The zero-order valence-electron chi connectivity index (χ0n) is 24.4. The Bertz CT molecular complexity index is 1580. The fourth-order valence-electron chi connectivity index (χ4n) is 5.14. The van der Waals surface area contributed by atoms with Crippen molar-refractivity contribution in [3.8, 4) is 0 Å². The number of rotatable bonds is 13. The van der Waals surface area contributed by atoms with E-state index in [1.807, 2.05) is 6.07 Å². The molecule has 1 unspecified atom stereocenters. The van der Waals surface area contributed by atoms with Crippen LogP contribution in [0.3, 0.4) is 0 Å². The van der Waals surface area contributed by atoms with Crippen molar-refractivity contribution in [2.45, 2.75) is 43.9 Å². The van der Waals surface area contributed by atoms with Crippen LogP contribution in [0.25, 0.3) is 0 Å². The average Bonchev–Trinajstić information content (AvgIpc) is 3.17. The molecule has 3 aromatic carbocycles. The highest BCUT2D eigenvalue weighted by atomic mass is 16.4. The van der Waals surface area contributed by atoms with E-state index < -0.39 is 66.3 Å². The Morgan fingerprint density at radius 2 is 1.44 bits per heavy atom. The number of carbonyl (C=O) groups excluding carboxylic acids is 4. The van der Waals surface area contributed by atoms with Crippen LogP contribution in [0.2, 0.25) is 0 Å². The van der Waals surface area contributed by atoms with Crippen LogP contribution in [0.1, 0.15) is 36.1 Å². The highest BCUT2D eigenvalue weighted by molar-refractivity contribution is 6.09. The van der Waals surface area contributed by atoms with Crippen LogP contribution in [0, 0.1) is 0 Å². The van der Waals surface area contributed by atoms with Gasteiger partial charge in [-0.2, -0.15) is 0 Å². The zero-order chi connectivity index (χ0) is 32.7. The van der Waals surface area contributed by atoms with E-state index in [0.29, 0.717) is 5.69 Å². The number of hydrogen-bond acceptors (Lipinski definition) is 7. The highest BCUT2D eigenvalue weighted by Crippen LogP contribution is 2.33. The van der Waals surface area contributed by atoms with Crippen molar-refractivity contribution in [1.29, 1.82) is 0 Å². The smallest absolute Gasteiger partial charge is 0.330 e. The van der Waals surface area contributed by atoms with Crippen molar-refractivity contribution in [2.75, 3.05) is 12.3 Å².